The van der Waals surface area contributed by atoms with E-state index in [0.29, 0.717) is 39.4 Å². The molecule has 1 aliphatic heterocycles. The molecule has 0 spiro atoms. The molecule has 5 aromatic heterocycles. The molecule has 1 aromatic carbocycles. The molecule has 1 saturated heterocycles. The number of ether oxygens (including phenoxy) is 1. The summed E-state index contributed by atoms with van der Waals surface area (Å²) < 4.78 is 46.4. The number of rotatable bonds is 8. The van der Waals surface area contributed by atoms with Crippen LogP contribution in [0.15, 0.2) is 67.1 Å². The number of H-pyrrole nitrogens is 2. The number of hydrogen-bond donors (Lipinski definition) is 4. The van der Waals surface area contributed by atoms with Crippen LogP contribution in [0.1, 0.15) is 18.4 Å². The smallest absolute Gasteiger partial charge is 0.209 e. The highest BCUT2D eigenvalue weighted by atomic mass is 32.2. The number of aromatic nitrogens is 6. The van der Waals surface area contributed by atoms with Crippen molar-refractivity contribution in [2.45, 2.75) is 25.5 Å². The monoisotopic (exact) mass is 612 g/mol. The third kappa shape index (κ3) is 5.89. The van der Waals surface area contributed by atoms with Crippen LogP contribution in [0.25, 0.3) is 55.8 Å². The van der Waals surface area contributed by atoms with Crippen LogP contribution in [-0.2, 0) is 16.6 Å². The summed E-state index contributed by atoms with van der Waals surface area (Å²) >= 11 is 0. The number of piperidine rings is 1. The number of fused-ring (bicyclic) bond motifs is 2. The first-order chi connectivity index (χ1) is 21.3. The fraction of sp³-hybridized carbons (Fsp3) is 0.226. The minimum atomic E-state index is -3.43. The molecule has 13 heteroatoms. The molecule has 224 valence electrons. The van der Waals surface area contributed by atoms with Crippen molar-refractivity contribution in [3.63, 3.8) is 0 Å². The molecule has 4 N–H and O–H groups in total. The number of hydrogen-bond acceptors (Lipinski definition) is 8. The Hall–Kier alpha value is -4.72. The van der Waals surface area contributed by atoms with Gasteiger partial charge in [0.05, 0.1) is 29.4 Å². The maximum Gasteiger partial charge on any atom is 0.209 e. The second kappa shape index (κ2) is 11.4. The maximum absolute atomic E-state index is 14.6. The summed E-state index contributed by atoms with van der Waals surface area (Å²) in [6.45, 7) is 1.86. The van der Waals surface area contributed by atoms with Crippen molar-refractivity contribution >= 4 is 32.1 Å². The lowest BCUT2D eigenvalue weighted by Gasteiger charge is -2.23. The molecule has 0 amide bonds. The van der Waals surface area contributed by atoms with E-state index in [1.807, 2.05) is 24.3 Å². The van der Waals surface area contributed by atoms with Gasteiger partial charge >= 0.3 is 0 Å². The number of nitrogens with one attached hydrogen (secondary N) is 4. The fourth-order valence-corrected chi connectivity index (χ4v) is 5.93. The summed E-state index contributed by atoms with van der Waals surface area (Å²) in [5, 5.41) is 11.7. The van der Waals surface area contributed by atoms with Gasteiger partial charge in [-0.2, -0.15) is 5.10 Å². The van der Waals surface area contributed by atoms with Crippen LogP contribution in [-0.4, -0.2) is 64.0 Å². The van der Waals surface area contributed by atoms with Crippen molar-refractivity contribution in [3.8, 4) is 39.5 Å². The molecule has 0 aliphatic carbocycles. The largest absolute Gasteiger partial charge is 0.489 e. The Balaban J connectivity index is 1.23. The molecule has 0 bridgehead atoms. The highest BCUT2D eigenvalue weighted by molar-refractivity contribution is 7.88. The van der Waals surface area contributed by atoms with Crippen molar-refractivity contribution in [1.29, 1.82) is 0 Å². The van der Waals surface area contributed by atoms with E-state index in [1.54, 1.807) is 30.7 Å². The van der Waals surface area contributed by atoms with Gasteiger partial charge in [-0.05, 0) is 91.2 Å². The maximum atomic E-state index is 14.6. The first kappa shape index (κ1) is 28.1. The topological polar surface area (TPSA) is 151 Å². The fourth-order valence-electron chi connectivity index (χ4n) is 5.51. The lowest BCUT2D eigenvalue weighted by atomic mass is 10.0. The van der Waals surface area contributed by atoms with Crippen LogP contribution >= 0.6 is 0 Å². The molecule has 6 heterocycles. The number of halogens is 1. The van der Waals surface area contributed by atoms with E-state index >= 15 is 0 Å². The Bertz CT molecular complexity index is 2100. The third-order valence-electron chi connectivity index (χ3n) is 7.60. The van der Waals surface area contributed by atoms with Gasteiger partial charge in [0.1, 0.15) is 34.5 Å². The van der Waals surface area contributed by atoms with Gasteiger partial charge in [-0.1, -0.05) is 0 Å². The van der Waals surface area contributed by atoms with Crippen LogP contribution in [0.3, 0.4) is 0 Å². The van der Waals surface area contributed by atoms with Crippen molar-refractivity contribution in [1.82, 2.24) is 40.2 Å². The zero-order valence-corrected chi connectivity index (χ0v) is 24.6. The Morgan fingerprint density at radius 1 is 1.05 bits per heavy atom. The number of nitrogens with zero attached hydrogens (tertiary/aromatic N) is 4. The molecule has 44 heavy (non-hydrogen) atoms. The first-order valence-electron chi connectivity index (χ1n) is 14.2. The van der Waals surface area contributed by atoms with E-state index in [9.17, 15) is 12.8 Å². The van der Waals surface area contributed by atoms with Crippen LogP contribution in [0.5, 0.6) is 5.75 Å². The van der Waals surface area contributed by atoms with Gasteiger partial charge in [0.25, 0.3) is 0 Å². The van der Waals surface area contributed by atoms with E-state index < -0.39 is 15.8 Å². The van der Waals surface area contributed by atoms with Crippen molar-refractivity contribution < 1.29 is 17.5 Å². The minimum Gasteiger partial charge on any atom is -0.489 e. The average molecular weight is 613 g/mol. The lowest BCUT2D eigenvalue weighted by molar-refractivity contribution is 0.162. The minimum absolute atomic E-state index is 0.0217. The average Bonchev–Trinajstić information content (AvgIpc) is 3.64. The zero-order valence-electron chi connectivity index (χ0n) is 23.8. The number of pyridine rings is 3. The molecular weight excluding hydrogens is 583 g/mol. The second-order valence-electron chi connectivity index (χ2n) is 10.9. The molecule has 0 unspecified atom stereocenters. The predicted molar refractivity (Wildman–Crippen MR) is 166 cm³/mol. The van der Waals surface area contributed by atoms with Crippen LogP contribution < -0.4 is 14.8 Å². The second-order valence-corrected chi connectivity index (χ2v) is 12.7. The van der Waals surface area contributed by atoms with Gasteiger partial charge < -0.3 is 15.0 Å². The van der Waals surface area contributed by atoms with Gasteiger partial charge in [0.2, 0.25) is 10.0 Å². The lowest BCUT2D eigenvalue weighted by Crippen LogP contribution is -2.34. The highest BCUT2D eigenvalue weighted by Crippen LogP contribution is 2.34. The molecule has 0 atom stereocenters. The summed E-state index contributed by atoms with van der Waals surface area (Å²) in [7, 11) is -3.43. The summed E-state index contributed by atoms with van der Waals surface area (Å²) in [5.74, 6) is 0.244. The van der Waals surface area contributed by atoms with E-state index in [1.165, 1.54) is 12.1 Å². The summed E-state index contributed by atoms with van der Waals surface area (Å²) in [4.78, 5) is 17.2. The molecule has 1 fully saturated rings. The highest BCUT2D eigenvalue weighted by Gasteiger charge is 2.18. The molecular formula is C31H29FN8O3S. The van der Waals surface area contributed by atoms with Crippen molar-refractivity contribution in [3.05, 3.63) is 78.5 Å². The van der Waals surface area contributed by atoms with Gasteiger partial charge in [0, 0.05) is 29.9 Å². The van der Waals surface area contributed by atoms with Crippen molar-refractivity contribution in [2.75, 3.05) is 19.3 Å². The molecule has 7 rings (SSSR count). The van der Waals surface area contributed by atoms with Crippen LogP contribution in [0.2, 0.25) is 0 Å². The molecule has 11 nitrogen and oxygen atoms in total. The summed E-state index contributed by atoms with van der Waals surface area (Å²) in [5.41, 5.74) is 6.72. The van der Waals surface area contributed by atoms with Crippen LogP contribution in [0.4, 0.5) is 4.39 Å². The molecule has 6 aromatic rings. The third-order valence-corrected chi connectivity index (χ3v) is 8.27. The first-order valence-corrected chi connectivity index (χ1v) is 16.1. The van der Waals surface area contributed by atoms with Crippen molar-refractivity contribution in [2.24, 2.45) is 0 Å². The number of benzene rings is 1. The predicted octanol–water partition coefficient (Wildman–Crippen LogP) is 4.55. The quantitative estimate of drug-likeness (QED) is 0.196. The van der Waals surface area contributed by atoms with Gasteiger partial charge in [0.15, 0.2) is 0 Å². The Morgan fingerprint density at radius 2 is 1.91 bits per heavy atom. The van der Waals surface area contributed by atoms with Gasteiger partial charge in [-0.3, -0.25) is 10.1 Å². The Kier molecular flexibility index (Phi) is 7.28. The number of sulfonamides is 1. The van der Waals surface area contributed by atoms with E-state index in [2.05, 4.69) is 35.2 Å². The van der Waals surface area contributed by atoms with E-state index in [-0.39, 0.29) is 12.6 Å². The Labute approximate surface area is 252 Å². The summed E-state index contributed by atoms with van der Waals surface area (Å²) in [6, 6.07) is 14.0. The SMILES string of the molecule is CS(=O)(=O)NCc1cc(F)cc(-c2ccnc3[nH]c(-c4n[nH]c5ccc(-c6cncc(OC7CCNCC7)c6)nc45)cc23)c1. The van der Waals surface area contributed by atoms with E-state index in [4.69, 9.17) is 9.72 Å². The van der Waals surface area contributed by atoms with Gasteiger partial charge in [-0.25, -0.2) is 27.5 Å². The standard InChI is InChI=1S/C31H29FN8O3S/c1-44(41,42)36-15-18-10-19(12-21(32)11-18)24-6-9-35-31-25(24)14-28(38-31)30-29-27(39-40-30)3-2-26(37-29)20-13-23(17-34-16-20)43-22-4-7-33-8-5-22/h2-3,6,9-14,16-17,22,33,36H,4-5,7-8,15H2,1H3,(H,35,38)(H,39,40). The molecule has 1 aliphatic rings. The van der Waals surface area contributed by atoms with Crippen LogP contribution in [0, 0.1) is 5.82 Å². The van der Waals surface area contributed by atoms with Gasteiger partial charge in [-0.15, -0.1) is 0 Å². The van der Waals surface area contributed by atoms with E-state index in [0.717, 1.165) is 59.9 Å². The molecule has 0 saturated carbocycles. The Morgan fingerprint density at radius 3 is 2.75 bits per heavy atom. The zero-order chi connectivity index (χ0) is 30.3. The number of aromatic amines is 2. The normalized spacial score (nSPS) is 14.4. The summed E-state index contributed by atoms with van der Waals surface area (Å²) in [6.07, 6.45) is 8.27. The molecule has 0 radical (unpaired) electrons.